The van der Waals surface area contributed by atoms with Gasteiger partial charge in [0.05, 0.1) is 12.7 Å². The molecular formula is C15H14N2O2. The van der Waals surface area contributed by atoms with E-state index in [0.717, 1.165) is 5.56 Å². The van der Waals surface area contributed by atoms with E-state index >= 15 is 0 Å². The first-order chi connectivity index (χ1) is 9.22. The number of para-hydroxylation sites is 1. The predicted molar refractivity (Wildman–Crippen MR) is 72.9 cm³/mol. The molecule has 96 valence electrons. The fourth-order valence-electron chi connectivity index (χ4n) is 1.73. The monoisotopic (exact) mass is 254 g/mol. The molecule has 2 N–H and O–H groups in total. The van der Waals surface area contributed by atoms with E-state index in [1.807, 2.05) is 18.2 Å². The van der Waals surface area contributed by atoms with Crippen LogP contribution in [-0.4, -0.2) is 7.11 Å². The van der Waals surface area contributed by atoms with Crippen molar-refractivity contribution < 1.29 is 9.47 Å². The van der Waals surface area contributed by atoms with Crippen molar-refractivity contribution in [3.63, 3.8) is 0 Å². The summed E-state index contributed by atoms with van der Waals surface area (Å²) in [5.41, 5.74) is 7.79. The first kappa shape index (κ1) is 12.8. The molecule has 0 amide bonds. The van der Waals surface area contributed by atoms with Gasteiger partial charge in [0.1, 0.15) is 24.2 Å². The molecule has 0 aromatic heterocycles. The maximum atomic E-state index is 8.97. The zero-order valence-corrected chi connectivity index (χ0v) is 10.6. The van der Waals surface area contributed by atoms with Crippen LogP contribution in [0.2, 0.25) is 0 Å². The molecule has 0 atom stereocenters. The third-order valence-electron chi connectivity index (χ3n) is 2.63. The van der Waals surface area contributed by atoms with E-state index in [1.54, 1.807) is 31.4 Å². The van der Waals surface area contributed by atoms with E-state index in [0.29, 0.717) is 29.4 Å². The summed E-state index contributed by atoms with van der Waals surface area (Å²) >= 11 is 0. The number of hydrogen-bond donors (Lipinski definition) is 1. The quantitative estimate of drug-likeness (QED) is 0.852. The van der Waals surface area contributed by atoms with Crippen LogP contribution < -0.4 is 15.2 Å². The number of nitrogens with two attached hydrogens (primary N) is 1. The van der Waals surface area contributed by atoms with Gasteiger partial charge in [-0.15, -0.1) is 0 Å². The molecule has 0 saturated heterocycles. The molecule has 2 aromatic rings. The average Bonchev–Trinajstić information content (AvgIpc) is 2.44. The molecule has 0 aliphatic carbocycles. The Morgan fingerprint density at radius 3 is 2.74 bits per heavy atom. The van der Waals surface area contributed by atoms with Gasteiger partial charge in [-0.25, -0.2) is 0 Å². The molecule has 0 aliphatic rings. The highest BCUT2D eigenvalue weighted by Gasteiger charge is 2.04. The zero-order valence-electron chi connectivity index (χ0n) is 10.6. The van der Waals surface area contributed by atoms with E-state index in [9.17, 15) is 0 Å². The number of nitrogens with zero attached hydrogens (tertiary/aromatic N) is 1. The van der Waals surface area contributed by atoms with Gasteiger partial charge in [0.25, 0.3) is 0 Å². The molecule has 2 aromatic carbocycles. The molecule has 0 spiro atoms. The number of benzene rings is 2. The Hall–Kier alpha value is -2.67. The molecule has 0 bridgehead atoms. The van der Waals surface area contributed by atoms with Crippen LogP contribution in [0, 0.1) is 11.3 Å². The van der Waals surface area contributed by atoms with E-state index in [1.165, 1.54) is 0 Å². The molecule has 4 nitrogen and oxygen atoms in total. The van der Waals surface area contributed by atoms with Crippen LogP contribution in [0.15, 0.2) is 42.5 Å². The summed E-state index contributed by atoms with van der Waals surface area (Å²) in [6.07, 6.45) is 0. The highest BCUT2D eigenvalue weighted by Crippen LogP contribution is 2.22. The average molecular weight is 254 g/mol. The molecule has 4 heteroatoms. The predicted octanol–water partition coefficient (Wildman–Crippen LogP) is 2.73. The van der Waals surface area contributed by atoms with Crippen molar-refractivity contribution in [2.45, 2.75) is 6.61 Å². The summed E-state index contributed by atoms with van der Waals surface area (Å²) in [6.45, 7) is 0.333. The van der Waals surface area contributed by atoms with Crippen molar-refractivity contribution in [1.29, 1.82) is 5.26 Å². The minimum Gasteiger partial charge on any atom is -0.497 e. The molecule has 0 saturated carbocycles. The van der Waals surface area contributed by atoms with Crippen molar-refractivity contribution in [3.05, 3.63) is 53.6 Å². The second-order valence-electron chi connectivity index (χ2n) is 4.01. The van der Waals surface area contributed by atoms with Crippen LogP contribution in [-0.2, 0) is 6.61 Å². The van der Waals surface area contributed by atoms with Crippen molar-refractivity contribution in [2.75, 3.05) is 12.8 Å². The molecular weight excluding hydrogens is 240 g/mol. The van der Waals surface area contributed by atoms with Crippen molar-refractivity contribution in [1.82, 2.24) is 0 Å². The SMILES string of the molecule is COc1cc(N)cc(COc2ccccc2C#N)c1. The highest BCUT2D eigenvalue weighted by molar-refractivity contribution is 5.48. The van der Waals surface area contributed by atoms with Crippen LogP contribution in [0.5, 0.6) is 11.5 Å². The summed E-state index contributed by atoms with van der Waals surface area (Å²) in [5.74, 6) is 1.25. The van der Waals surface area contributed by atoms with E-state index in [2.05, 4.69) is 6.07 Å². The van der Waals surface area contributed by atoms with Crippen LogP contribution in [0.1, 0.15) is 11.1 Å². The lowest BCUT2D eigenvalue weighted by atomic mass is 10.2. The van der Waals surface area contributed by atoms with E-state index in [-0.39, 0.29) is 0 Å². The number of methoxy groups -OCH3 is 1. The number of rotatable bonds is 4. The van der Waals surface area contributed by atoms with Crippen molar-refractivity contribution >= 4 is 5.69 Å². The van der Waals surface area contributed by atoms with Gasteiger partial charge < -0.3 is 15.2 Å². The molecule has 2 rings (SSSR count). The molecule has 0 unspecified atom stereocenters. The summed E-state index contributed by atoms with van der Waals surface area (Å²) in [5, 5.41) is 8.97. The summed E-state index contributed by atoms with van der Waals surface area (Å²) in [4.78, 5) is 0. The minimum atomic E-state index is 0.333. The first-order valence-corrected chi connectivity index (χ1v) is 5.78. The molecule has 0 heterocycles. The van der Waals surface area contributed by atoms with Crippen LogP contribution in [0.25, 0.3) is 0 Å². The van der Waals surface area contributed by atoms with Gasteiger partial charge in [-0.3, -0.25) is 0 Å². The largest absolute Gasteiger partial charge is 0.497 e. The van der Waals surface area contributed by atoms with Crippen LogP contribution in [0.4, 0.5) is 5.69 Å². The Balaban J connectivity index is 2.15. The third-order valence-corrected chi connectivity index (χ3v) is 2.63. The fourth-order valence-corrected chi connectivity index (χ4v) is 1.73. The topological polar surface area (TPSA) is 68.3 Å². The number of nitriles is 1. The van der Waals surface area contributed by atoms with Crippen LogP contribution >= 0.6 is 0 Å². The smallest absolute Gasteiger partial charge is 0.137 e. The van der Waals surface area contributed by atoms with Gasteiger partial charge in [-0.05, 0) is 29.8 Å². The summed E-state index contributed by atoms with van der Waals surface area (Å²) in [7, 11) is 1.59. The number of hydrogen-bond acceptors (Lipinski definition) is 4. The van der Waals surface area contributed by atoms with E-state index in [4.69, 9.17) is 20.5 Å². The van der Waals surface area contributed by atoms with Gasteiger partial charge in [0.2, 0.25) is 0 Å². The minimum absolute atomic E-state index is 0.333. The van der Waals surface area contributed by atoms with Crippen molar-refractivity contribution in [3.8, 4) is 17.6 Å². The Morgan fingerprint density at radius 1 is 1.21 bits per heavy atom. The first-order valence-electron chi connectivity index (χ1n) is 5.78. The van der Waals surface area contributed by atoms with E-state index < -0.39 is 0 Å². The normalized spacial score (nSPS) is 9.68. The van der Waals surface area contributed by atoms with Gasteiger partial charge in [0.15, 0.2) is 0 Å². The Morgan fingerprint density at radius 2 is 2.00 bits per heavy atom. The maximum Gasteiger partial charge on any atom is 0.137 e. The Kier molecular flexibility index (Phi) is 3.89. The lowest BCUT2D eigenvalue weighted by Crippen LogP contribution is -1.99. The lowest BCUT2D eigenvalue weighted by molar-refractivity contribution is 0.304. The van der Waals surface area contributed by atoms with Crippen molar-refractivity contribution in [2.24, 2.45) is 0 Å². The molecule has 0 radical (unpaired) electrons. The molecule has 0 fully saturated rings. The number of nitrogen functional groups attached to an aromatic ring is 1. The lowest BCUT2D eigenvalue weighted by Gasteiger charge is -2.09. The number of ether oxygens (including phenoxy) is 2. The summed E-state index contributed by atoms with van der Waals surface area (Å²) in [6, 6.07) is 14.6. The zero-order chi connectivity index (χ0) is 13.7. The standard InChI is InChI=1S/C15H14N2O2/c1-18-14-7-11(6-13(17)8-14)10-19-15-5-3-2-4-12(15)9-16/h2-8H,10,17H2,1H3. The Labute approximate surface area is 112 Å². The molecule has 19 heavy (non-hydrogen) atoms. The van der Waals surface area contributed by atoms with Gasteiger partial charge >= 0.3 is 0 Å². The highest BCUT2D eigenvalue weighted by atomic mass is 16.5. The maximum absolute atomic E-state index is 8.97. The van der Waals surface area contributed by atoms with Crippen LogP contribution in [0.3, 0.4) is 0 Å². The van der Waals surface area contributed by atoms with Gasteiger partial charge in [-0.2, -0.15) is 5.26 Å². The fraction of sp³-hybridized carbons (Fsp3) is 0.133. The second kappa shape index (κ2) is 5.78. The summed E-state index contributed by atoms with van der Waals surface area (Å²) < 4.78 is 10.8. The third kappa shape index (κ3) is 3.17. The van der Waals surface area contributed by atoms with Gasteiger partial charge in [-0.1, -0.05) is 12.1 Å². The Bertz CT molecular complexity index is 618. The van der Waals surface area contributed by atoms with Gasteiger partial charge in [0, 0.05) is 11.8 Å². The molecule has 0 aliphatic heterocycles. The second-order valence-corrected chi connectivity index (χ2v) is 4.01. The number of anilines is 1.